The van der Waals surface area contributed by atoms with Crippen molar-refractivity contribution < 1.29 is 59.8 Å². The number of allylic oxidation sites excluding steroid dienone is 4. The van der Waals surface area contributed by atoms with Gasteiger partial charge in [-0.25, -0.2) is 0 Å². The van der Waals surface area contributed by atoms with E-state index in [2.05, 4.69) is 67.5 Å². The van der Waals surface area contributed by atoms with Gasteiger partial charge in [-0.15, -0.1) is 0 Å². The number of aliphatic hydroxyl groups excluding tert-OH is 8. The van der Waals surface area contributed by atoms with E-state index in [0.717, 1.165) is 44.9 Å². The Labute approximate surface area is 321 Å². The summed E-state index contributed by atoms with van der Waals surface area (Å²) < 4.78 is 24.4. The maximum Gasteiger partial charge on any atom is 0.187 e. The second kappa shape index (κ2) is 15.6. The van der Waals surface area contributed by atoms with E-state index in [1.165, 1.54) is 11.1 Å². The van der Waals surface area contributed by atoms with Crippen molar-refractivity contribution in [3.63, 3.8) is 0 Å². The third kappa shape index (κ3) is 6.89. The summed E-state index contributed by atoms with van der Waals surface area (Å²) in [4.78, 5) is 0. The van der Waals surface area contributed by atoms with E-state index in [4.69, 9.17) is 18.9 Å². The van der Waals surface area contributed by atoms with Gasteiger partial charge in [0.15, 0.2) is 12.6 Å². The Hall–Kier alpha value is -1.00. The van der Waals surface area contributed by atoms with Crippen LogP contribution in [0.1, 0.15) is 107 Å². The monoisotopic (exact) mass is 766 g/mol. The predicted octanol–water partition coefficient (Wildman–Crippen LogP) is 2.95. The topological polar surface area (TPSA) is 199 Å². The van der Waals surface area contributed by atoms with Gasteiger partial charge in [0.2, 0.25) is 0 Å². The first kappa shape index (κ1) is 42.6. The number of aliphatic hydroxyl groups is 8. The fourth-order valence-electron chi connectivity index (χ4n) is 12.9. The van der Waals surface area contributed by atoms with Crippen LogP contribution in [0.3, 0.4) is 0 Å². The molecule has 6 aliphatic rings. The summed E-state index contributed by atoms with van der Waals surface area (Å²) in [6, 6.07) is 0. The Kier molecular flexibility index (Phi) is 12.3. The van der Waals surface area contributed by atoms with Crippen LogP contribution in [0.4, 0.5) is 0 Å². The van der Waals surface area contributed by atoms with Crippen molar-refractivity contribution in [1.82, 2.24) is 0 Å². The average molecular weight is 767 g/mol. The summed E-state index contributed by atoms with van der Waals surface area (Å²) in [5, 5.41) is 85.4. The minimum atomic E-state index is -1.74. The SMILES string of the molecule is CC(C)=CC/C=C(/C)[C@H]1CC[C@]2(C)[C@@H]1[C@H](O)C[C@@H]1[C@@]3(C)CC[C@H](O[C@H]4O[C@H](CO)[C@@H](O)[C@H](O)[C@H]4O[C@@H]4O[C@H](CO)[C@@H](O)[C@H](O)[C@H]4O)C(C)(C)[C@@H]3CC[C@]12C. The lowest BCUT2D eigenvalue weighted by atomic mass is 9.35. The molecule has 310 valence electrons. The smallest absolute Gasteiger partial charge is 0.187 e. The molecule has 0 aromatic heterocycles. The molecule has 4 saturated carbocycles. The van der Waals surface area contributed by atoms with Gasteiger partial charge >= 0.3 is 0 Å². The van der Waals surface area contributed by atoms with E-state index in [9.17, 15) is 40.9 Å². The summed E-state index contributed by atoms with van der Waals surface area (Å²) in [7, 11) is 0. The maximum atomic E-state index is 12.1. The van der Waals surface area contributed by atoms with Gasteiger partial charge in [-0.3, -0.25) is 0 Å². The van der Waals surface area contributed by atoms with Crippen LogP contribution in [-0.4, -0.2) is 128 Å². The largest absolute Gasteiger partial charge is 0.394 e. The zero-order chi connectivity index (χ0) is 39.7. The van der Waals surface area contributed by atoms with Gasteiger partial charge in [-0.1, -0.05) is 57.9 Å². The highest BCUT2D eigenvalue weighted by Crippen LogP contribution is 2.75. The van der Waals surface area contributed by atoms with Gasteiger partial charge in [-0.2, -0.15) is 0 Å². The second-order valence-electron chi connectivity index (χ2n) is 19.4. The first-order valence-corrected chi connectivity index (χ1v) is 20.5. The summed E-state index contributed by atoms with van der Waals surface area (Å²) in [5.74, 6) is 1.14. The van der Waals surface area contributed by atoms with Crippen LogP contribution in [-0.2, 0) is 18.9 Å². The Bertz CT molecular complexity index is 1380. The molecule has 2 saturated heterocycles. The normalized spacial score (nSPS) is 51.9. The Morgan fingerprint density at radius 3 is 1.91 bits per heavy atom. The van der Waals surface area contributed by atoms with Gasteiger partial charge in [-0.05, 0) is 117 Å². The molecule has 12 nitrogen and oxygen atoms in total. The molecule has 0 unspecified atom stereocenters. The van der Waals surface area contributed by atoms with Crippen molar-refractivity contribution in [3.8, 4) is 0 Å². The van der Waals surface area contributed by atoms with E-state index in [1.54, 1.807) is 0 Å². The molecule has 12 heteroatoms. The van der Waals surface area contributed by atoms with Crippen LogP contribution in [0.5, 0.6) is 0 Å². The zero-order valence-electron chi connectivity index (χ0n) is 33.7. The minimum absolute atomic E-state index is 0.00171. The first-order chi connectivity index (χ1) is 25.3. The first-order valence-electron chi connectivity index (χ1n) is 20.5. The molecular weight excluding hydrogens is 696 g/mol. The lowest BCUT2D eigenvalue weighted by Gasteiger charge is -2.70. The number of hydrogen-bond acceptors (Lipinski definition) is 12. The molecule has 0 spiro atoms. The highest BCUT2D eigenvalue weighted by atomic mass is 16.8. The molecule has 2 heterocycles. The van der Waals surface area contributed by atoms with Crippen molar-refractivity contribution >= 4 is 0 Å². The Balaban J connectivity index is 1.23. The Morgan fingerprint density at radius 1 is 0.667 bits per heavy atom. The molecule has 0 aromatic carbocycles. The minimum Gasteiger partial charge on any atom is -0.394 e. The summed E-state index contributed by atoms with van der Waals surface area (Å²) >= 11 is 0. The Morgan fingerprint density at radius 2 is 1.28 bits per heavy atom. The van der Waals surface area contributed by atoms with Crippen LogP contribution < -0.4 is 0 Å². The maximum absolute atomic E-state index is 12.1. The van der Waals surface area contributed by atoms with Crippen LogP contribution in [0, 0.1) is 45.3 Å². The molecule has 0 aromatic rings. The molecule has 6 fully saturated rings. The van der Waals surface area contributed by atoms with E-state index < -0.39 is 80.0 Å². The molecule has 0 amide bonds. The van der Waals surface area contributed by atoms with Gasteiger partial charge in [0.25, 0.3) is 0 Å². The average Bonchev–Trinajstić information content (AvgIpc) is 3.49. The van der Waals surface area contributed by atoms with Gasteiger partial charge in [0.1, 0.15) is 48.8 Å². The van der Waals surface area contributed by atoms with Crippen LogP contribution in [0.15, 0.2) is 23.3 Å². The number of rotatable bonds is 9. The molecule has 19 atom stereocenters. The van der Waals surface area contributed by atoms with E-state index in [1.807, 2.05) is 0 Å². The molecule has 8 N–H and O–H groups in total. The molecule has 0 bridgehead atoms. The zero-order valence-corrected chi connectivity index (χ0v) is 33.7. The third-order valence-electron chi connectivity index (χ3n) is 16.1. The molecule has 2 aliphatic heterocycles. The van der Waals surface area contributed by atoms with Crippen molar-refractivity contribution in [2.24, 2.45) is 45.3 Å². The number of hydrogen-bond donors (Lipinski definition) is 8. The fraction of sp³-hybridized carbons (Fsp3) is 0.905. The second-order valence-corrected chi connectivity index (χ2v) is 19.4. The van der Waals surface area contributed by atoms with Crippen LogP contribution in [0.2, 0.25) is 0 Å². The van der Waals surface area contributed by atoms with Gasteiger partial charge in [0.05, 0.1) is 25.4 Å². The quantitative estimate of drug-likeness (QED) is 0.126. The highest BCUT2D eigenvalue weighted by molar-refractivity contribution is 5.23. The lowest BCUT2D eigenvalue weighted by Crippen LogP contribution is -2.67. The van der Waals surface area contributed by atoms with Crippen LogP contribution >= 0.6 is 0 Å². The van der Waals surface area contributed by atoms with E-state index in [0.29, 0.717) is 18.3 Å². The fourth-order valence-corrected chi connectivity index (χ4v) is 12.9. The molecule has 54 heavy (non-hydrogen) atoms. The molecule has 6 rings (SSSR count). The summed E-state index contributed by atoms with van der Waals surface area (Å²) in [5.41, 5.74) is 2.29. The van der Waals surface area contributed by atoms with Crippen molar-refractivity contribution in [1.29, 1.82) is 0 Å². The standard InChI is InChI=1S/C42H70O12/c1-21(2)10-9-11-22(3)23-12-16-42(8)30(23)24(45)18-28-40(6)15-14-29(39(4,5)27(40)13-17-41(28,42)7)53-38-36(34(49)32(47)26(20-44)52-38)54-37-35(50)33(48)31(46)25(19-43)51-37/h10-11,23-38,43-50H,9,12-20H2,1-8H3/b22-11-/t23-,24-,25-,26-,27+,28-,29+,30+,31-,32-,33+,34+,35-,36-,37+,38-,40+,41-,42-/m1/s1. The van der Waals surface area contributed by atoms with Crippen molar-refractivity contribution in [2.75, 3.05) is 13.2 Å². The molecular formula is C42H70O12. The lowest BCUT2D eigenvalue weighted by molar-refractivity contribution is -0.378. The van der Waals surface area contributed by atoms with E-state index in [-0.39, 0.29) is 40.3 Å². The van der Waals surface area contributed by atoms with Crippen molar-refractivity contribution in [2.45, 2.75) is 180 Å². The molecule has 0 radical (unpaired) electrons. The molecule has 4 aliphatic carbocycles. The summed E-state index contributed by atoms with van der Waals surface area (Å²) in [6.45, 7) is 17.1. The third-order valence-corrected chi connectivity index (χ3v) is 16.1. The van der Waals surface area contributed by atoms with E-state index >= 15 is 0 Å². The van der Waals surface area contributed by atoms with Gasteiger partial charge in [0, 0.05) is 0 Å². The summed E-state index contributed by atoms with van der Waals surface area (Å²) in [6.07, 6.45) is -3.65. The predicted molar refractivity (Wildman–Crippen MR) is 199 cm³/mol. The number of fused-ring (bicyclic) bond motifs is 5. The van der Waals surface area contributed by atoms with Gasteiger partial charge < -0.3 is 59.8 Å². The van der Waals surface area contributed by atoms with Crippen molar-refractivity contribution in [3.05, 3.63) is 23.3 Å². The highest BCUT2D eigenvalue weighted by Gasteiger charge is 2.70. The van der Waals surface area contributed by atoms with Crippen LogP contribution in [0.25, 0.3) is 0 Å². The number of ether oxygens (including phenoxy) is 4.